The predicted octanol–water partition coefficient (Wildman–Crippen LogP) is 2.26. The summed E-state index contributed by atoms with van der Waals surface area (Å²) < 4.78 is 5.76. The molecule has 4 aliphatic carbocycles. The molecule has 4 fully saturated rings. The lowest BCUT2D eigenvalue weighted by Gasteiger charge is -2.53. The number of hydrogen-bond acceptors (Lipinski definition) is 1. The Morgan fingerprint density at radius 2 is 1.50 bits per heavy atom. The number of ether oxygens (including phenoxy) is 1. The van der Waals surface area contributed by atoms with Gasteiger partial charge >= 0.3 is 0 Å². The van der Waals surface area contributed by atoms with E-state index in [0.29, 0.717) is 12.7 Å². The van der Waals surface area contributed by atoms with Crippen molar-refractivity contribution in [3.05, 3.63) is 0 Å². The highest BCUT2D eigenvalue weighted by Crippen LogP contribution is 2.54. The average Bonchev–Trinajstić information content (AvgIpc) is 2.15. The van der Waals surface area contributed by atoms with Crippen LogP contribution < -0.4 is 0 Å². The maximum absolute atomic E-state index is 10.4. The molecular weight excluding hydrogens is 176 g/mol. The molecule has 0 saturated heterocycles. The third kappa shape index (κ3) is 1.40. The second kappa shape index (κ2) is 3.49. The van der Waals surface area contributed by atoms with Gasteiger partial charge < -0.3 is 4.74 Å². The van der Waals surface area contributed by atoms with Crippen LogP contribution in [0.4, 0.5) is 0 Å². The molecule has 1 radical (unpaired) electrons. The molecule has 79 valence electrons. The molecule has 0 amide bonds. The lowest BCUT2D eigenvalue weighted by molar-refractivity contribution is -0.133. The van der Waals surface area contributed by atoms with Crippen molar-refractivity contribution in [2.24, 2.45) is 23.7 Å². The van der Waals surface area contributed by atoms with Crippen molar-refractivity contribution < 1.29 is 9.84 Å². The minimum Gasteiger partial charge on any atom is -0.375 e. The smallest absolute Gasteiger partial charge is 0.106 e. The van der Waals surface area contributed by atoms with Crippen molar-refractivity contribution >= 4 is 0 Å². The lowest BCUT2D eigenvalue weighted by Crippen LogP contribution is -2.49. The third-order valence-corrected chi connectivity index (χ3v) is 4.53. The standard InChI is InChI=1S/C12H19O2/c13-1-2-14-12-10-4-8-3-9(6-10)7-11(12)5-8/h8-12H,1-7H2. The highest BCUT2D eigenvalue weighted by atomic mass is 16.5. The van der Waals surface area contributed by atoms with Gasteiger partial charge in [0, 0.05) is 0 Å². The van der Waals surface area contributed by atoms with Gasteiger partial charge in [-0.3, -0.25) is 0 Å². The number of rotatable bonds is 3. The van der Waals surface area contributed by atoms with E-state index in [9.17, 15) is 5.11 Å². The van der Waals surface area contributed by atoms with Gasteiger partial charge in [-0.05, 0) is 55.8 Å². The quantitative estimate of drug-likeness (QED) is 0.679. The Bertz CT molecular complexity index is 186. The molecule has 0 atom stereocenters. The average molecular weight is 195 g/mol. The Kier molecular flexibility index (Phi) is 2.29. The summed E-state index contributed by atoms with van der Waals surface area (Å²) in [6.07, 6.45) is 7.48. The molecular formula is C12H19O2. The van der Waals surface area contributed by atoms with Gasteiger partial charge in [0.15, 0.2) is 0 Å². The minimum absolute atomic E-state index is 0.0667. The zero-order valence-electron chi connectivity index (χ0n) is 8.65. The Balaban J connectivity index is 1.69. The first-order chi connectivity index (χ1) is 6.86. The molecule has 2 nitrogen and oxygen atoms in total. The van der Waals surface area contributed by atoms with Crippen LogP contribution in [0.15, 0.2) is 0 Å². The summed E-state index contributed by atoms with van der Waals surface area (Å²) in [4.78, 5) is 0. The zero-order valence-corrected chi connectivity index (χ0v) is 8.65. The molecule has 0 aromatic carbocycles. The van der Waals surface area contributed by atoms with Crippen LogP contribution in [0.3, 0.4) is 0 Å². The van der Waals surface area contributed by atoms with Crippen molar-refractivity contribution in [3.8, 4) is 0 Å². The third-order valence-electron chi connectivity index (χ3n) is 4.53. The molecule has 0 N–H and O–H groups in total. The molecule has 0 spiro atoms. The van der Waals surface area contributed by atoms with Gasteiger partial charge in [0.05, 0.1) is 12.7 Å². The van der Waals surface area contributed by atoms with Crippen LogP contribution in [0.5, 0.6) is 0 Å². The van der Waals surface area contributed by atoms with Crippen LogP contribution in [0.2, 0.25) is 0 Å². The Morgan fingerprint density at radius 3 is 2.00 bits per heavy atom. The van der Waals surface area contributed by atoms with Crippen LogP contribution in [0.25, 0.3) is 0 Å². The van der Waals surface area contributed by atoms with E-state index in [-0.39, 0.29) is 6.61 Å². The maximum Gasteiger partial charge on any atom is 0.106 e. The topological polar surface area (TPSA) is 29.1 Å². The van der Waals surface area contributed by atoms with Crippen LogP contribution >= 0.6 is 0 Å². The van der Waals surface area contributed by atoms with Gasteiger partial charge in [0.2, 0.25) is 0 Å². The molecule has 0 aliphatic heterocycles. The number of hydrogen-bond donors (Lipinski definition) is 0. The SMILES string of the molecule is [O]CCOC1C2CC3CC(C2)CC1C3. The molecule has 14 heavy (non-hydrogen) atoms. The highest BCUT2D eigenvalue weighted by molar-refractivity contribution is 4.98. The van der Waals surface area contributed by atoms with Gasteiger partial charge in [-0.25, -0.2) is 5.11 Å². The van der Waals surface area contributed by atoms with Crippen molar-refractivity contribution in [2.75, 3.05) is 13.2 Å². The first kappa shape index (κ1) is 9.17. The van der Waals surface area contributed by atoms with Crippen molar-refractivity contribution in [3.63, 3.8) is 0 Å². The molecule has 4 saturated carbocycles. The van der Waals surface area contributed by atoms with Crippen LogP contribution in [0, 0.1) is 23.7 Å². The summed E-state index contributed by atoms with van der Waals surface area (Å²) in [5.74, 6) is 3.62. The van der Waals surface area contributed by atoms with E-state index in [2.05, 4.69) is 0 Å². The molecule has 0 aromatic rings. The van der Waals surface area contributed by atoms with Crippen molar-refractivity contribution in [2.45, 2.75) is 38.2 Å². The first-order valence-corrected chi connectivity index (χ1v) is 6.06. The van der Waals surface area contributed by atoms with E-state index < -0.39 is 0 Å². The van der Waals surface area contributed by atoms with E-state index in [0.717, 1.165) is 23.7 Å². The molecule has 0 aromatic heterocycles. The normalized spacial score (nSPS) is 49.9. The monoisotopic (exact) mass is 195 g/mol. The maximum atomic E-state index is 10.4. The van der Waals surface area contributed by atoms with E-state index in [4.69, 9.17) is 4.74 Å². The van der Waals surface area contributed by atoms with Crippen LogP contribution in [-0.2, 0) is 9.84 Å². The molecule has 2 heteroatoms. The van der Waals surface area contributed by atoms with E-state index in [1.165, 1.54) is 32.1 Å². The van der Waals surface area contributed by atoms with Gasteiger partial charge in [-0.1, -0.05) is 0 Å². The molecule has 4 aliphatic rings. The van der Waals surface area contributed by atoms with Crippen molar-refractivity contribution in [1.29, 1.82) is 0 Å². The van der Waals surface area contributed by atoms with Gasteiger partial charge in [0.1, 0.15) is 6.61 Å². The van der Waals surface area contributed by atoms with Gasteiger partial charge in [-0.2, -0.15) is 0 Å². The zero-order chi connectivity index (χ0) is 9.54. The van der Waals surface area contributed by atoms with Crippen LogP contribution in [0.1, 0.15) is 32.1 Å². The van der Waals surface area contributed by atoms with Crippen molar-refractivity contribution in [1.82, 2.24) is 0 Å². The Labute approximate surface area is 85.6 Å². The molecule has 0 heterocycles. The Morgan fingerprint density at radius 1 is 0.929 bits per heavy atom. The molecule has 4 rings (SSSR count). The summed E-state index contributed by atoms with van der Waals surface area (Å²) in [6, 6.07) is 0. The van der Waals surface area contributed by atoms with E-state index in [1.54, 1.807) is 0 Å². The van der Waals surface area contributed by atoms with Gasteiger partial charge in [0.25, 0.3) is 0 Å². The van der Waals surface area contributed by atoms with E-state index in [1.807, 2.05) is 0 Å². The first-order valence-electron chi connectivity index (χ1n) is 6.06. The summed E-state index contributed by atoms with van der Waals surface area (Å²) in [7, 11) is 0. The largest absolute Gasteiger partial charge is 0.375 e. The summed E-state index contributed by atoms with van der Waals surface area (Å²) in [5.41, 5.74) is 0. The second-order valence-corrected chi connectivity index (χ2v) is 5.47. The Hall–Kier alpha value is -0.0800. The summed E-state index contributed by atoms with van der Waals surface area (Å²) >= 11 is 0. The molecule has 4 bridgehead atoms. The van der Waals surface area contributed by atoms with E-state index >= 15 is 0 Å². The second-order valence-electron chi connectivity index (χ2n) is 5.47. The summed E-state index contributed by atoms with van der Waals surface area (Å²) in [5, 5.41) is 10.4. The van der Waals surface area contributed by atoms with Crippen LogP contribution in [-0.4, -0.2) is 19.3 Å². The lowest BCUT2D eigenvalue weighted by atomic mass is 9.55. The fourth-order valence-corrected chi connectivity index (χ4v) is 4.33. The minimum atomic E-state index is -0.0667. The highest BCUT2D eigenvalue weighted by Gasteiger charge is 2.48. The molecule has 0 unspecified atom stereocenters. The predicted molar refractivity (Wildman–Crippen MR) is 52.3 cm³/mol. The fourth-order valence-electron chi connectivity index (χ4n) is 4.33. The summed E-state index contributed by atoms with van der Waals surface area (Å²) in [6.45, 7) is 0.371. The fraction of sp³-hybridized carbons (Fsp3) is 1.00. The van der Waals surface area contributed by atoms with Gasteiger partial charge in [-0.15, -0.1) is 0 Å².